The Bertz CT molecular complexity index is 666. The summed E-state index contributed by atoms with van der Waals surface area (Å²) in [6.07, 6.45) is 1.40. The molecular weight excluding hydrogens is 352 g/mol. The zero-order valence-electron chi connectivity index (χ0n) is 13.7. The van der Waals surface area contributed by atoms with Crippen LogP contribution in [-0.4, -0.2) is 50.6 Å². The molecule has 0 aliphatic carbocycles. The van der Waals surface area contributed by atoms with Gasteiger partial charge in [0.1, 0.15) is 12.4 Å². The fourth-order valence-corrected chi connectivity index (χ4v) is 4.00. The lowest BCUT2D eigenvalue weighted by atomic mass is 9.99. The highest BCUT2D eigenvalue weighted by molar-refractivity contribution is 7.89. The molecule has 6 nitrogen and oxygen atoms in total. The fraction of sp³-hybridized carbons (Fsp3) is 0.562. The van der Waals surface area contributed by atoms with E-state index >= 15 is 0 Å². The lowest BCUT2D eigenvalue weighted by Gasteiger charge is -2.30. The van der Waals surface area contributed by atoms with E-state index in [1.165, 1.54) is 4.31 Å². The topological polar surface area (TPSA) is 75.7 Å². The summed E-state index contributed by atoms with van der Waals surface area (Å²) in [5.41, 5.74) is 0. The predicted octanol–water partition coefficient (Wildman–Crippen LogP) is 1.90. The maximum Gasteiger partial charge on any atom is 0.224 e. The van der Waals surface area contributed by atoms with E-state index in [4.69, 9.17) is 16.3 Å². The number of carbonyl (C=O) groups excluding carboxylic acids is 1. The molecular formula is C16H23ClN2O4S. The fourth-order valence-electron chi connectivity index (χ4n) is 2.63. The predicted molar refractivity (Wildman–Crippen MR) is 93.7 cm³/mol. The number of hydrogen-bond donors (Lipinski definition) is 1. The number of halogens is 1. The van der Waals surface area contributed by atoms with Crippen molar-refractivity contribution in [3.05, 3.63) is 29.3 Å². The standard InChI is InChI=1S/C16H23ClN2O4S/c1-2-24(21,22)19-10-5-6-13(12-19)16(20)18-9-11-23-15-8-4-3-7-14(15)17/h3-4,7-8,13H,2,5-6,9-12H2,1H3,(H,18,20). The van der Waals surface area contributed by atoms with Crippen molar-refractivity contribution in [3.8, 4) is 5.75 Å². The first-order chi connectivity index (χ1) is 11.4. The second-order valence-electron chi connectivity index (χ2n) is 5.67. The van der Waals surface area contributed by atoms with E-state index in [1.807, 2.05) is 12.1 Å². The van der Waals surface area contributed by atoms with Crippen LogP contribution in [0.1, 0.15) is 19.8 Å². The second-order valence-corrected chi connectivity index (χ2v) is 8.33. The maximum absolute atomic E-state index is 12.2. The summed E-state index contributed by atoms with van der Waals surface area (Å²) in [5, 5.41) is 3.33. The van der Waals surface area contributed by atoms with Gasteiger partial charge < -0.3 is 10.1 Å². The summed E-state index contributed by atoms with van der Waals surface area (Å²) in [4.78, 5) is 12.2. The number of hydrogen-bond acceptors (Lipinski definition) is 4. The Labute approximate surface area is 148 Å². The first-order valence-electron chi connectivity index (χ1n) is 8.07. The molecule has 0 spiro atoms. The quantitative estimate of drug-likeness (QED) is 0.739. The summed E-state index contributed by atoms with van der Waals surface area (Å²) >= 11 is 5.99. The van der Waals surface area contributed by atoms with Crippen molar-refractivity contribution in [2.75, 3.05) is 32.0 Å². The Kier molecular flexibility index (Phi) is 6.89. The van der Waals surface area contributed by atoms with Crippen LogP contribution in [0.4, 0.5) is 0 Å². The van der Waals surface area contributed by atoms with Crippen LogP contribution in [-0.2, 0) is 14.8 Å². The number of rotatable bonds is 7. The number of piperidine rings is 1. The van der Waals surface area contributed by atoms with E-state index in [0.717, 1.165) is 0 Å². The summed E-state index contributed by atoms with van der Waals surface area (Å²) in [7, 11) is -3.24. The molecule has 1 heterocycles. The highest BCUT2D eigenvalue weighted by Gasteiger charge is 2.31. The Morgan fingerprint density at radius 2 is 2.17 bits per heavy atom. The van der Waals surface area contributed by atoms with E-state index in [9.17, 15) is 13.2 Å². The third-order valence-electron chi connectivity index (χ3n) is 4.01. The van der Waals surface area contributed by atoms with Gasteiger partial charge in [-0.15, -0.1) is 0 Å². The van der Waals surface area contributed by atoms with Gasteiger partial charge in [-0.3, -0.25) is 4.79 Å². The van der Waals surface area contributed by atoms with E-state index < -0.39 is 10.0 Å². The van der Waals surface area contributed by atoms with Crippen LogP contribution in [0.15, 0.2) is 24.3 Å². The van der Waals surface area contributed by atoms with Crippen LogP contribution >= 0.6 is 11.6 Å². The second kappa shape index (κ2) is 8.69. The Balaban J connectivity index is 1.77. The number of sulfonamides is 1. The molecule has 0 bridgehead atoms. The van der Waals surface area contributed by atoms with Gasteiger partial charge in [0.05, 0.1) is 23.2 Å². The minimum atomic E-state index is -3.24. The monoisotopic (exact) mass is 374 g/mol. The summed E-state index contributed by atoms with van der Waals surface area (Å²) in [6.45, 7) is 3.02. The van der Waals surface area contributed by atoms with Gasteiger partial charge in [-0.2, -0.15) is 0 Å². The SMILES string of the molecule is CCS(=O)(=O)N1CCCC(C(=O)NCCOc2ccccc2Cl)C1. The number of benzene rings is 1. The first-order valence-corrected chi connectivity index (χ1v) is 10.1. The zero-order chi connectivity index (χ0) is 17.6. The van der Waals surface area contributed by atoms with Gasteiger partial charge in [-0.1, -0.05) is 23.7 Å². The molecule has 1 aliphatic heterocycles. The lowest BCUT2D eigenvalue weighted by molar-refractivity contribution is -0.126. The Morgan fingerprint density at radius 3 is 2.88 bits per heavy atom. The summed E-state index contributed by atoms with van der Waals surface area (Å²) in [6, 6.07) is 7.14. The molecule has 1 fully saturated rings. The third kappa shape index (κ3) is 5.09. The first kappa shape index (κ1) is 19.0. The average molecular weight is 375 g/mol. The normalized spacial score (nSPS) is 19.0. The molecule has 1 unspecified atom stereocenters. The van der Waals surface area contributed by atoms with Crippen LogP contribution in [0.3, 0.4) is 0 Å². The van der Waals surface area contributed by atoms with E-state index in [-0.39, 0.29) is 24.1 Å². The maximum atomic E-state index is 12.2. The van der Waals surface area contributed by atoms with Crippen molar-refractivity contribution in [3.63, 3.8) is 0 Å². The van der Waals surface area contributed by atoms with Gasteiger partial charge in [-0.05, 0) is 31.9 Å². The summed E-state index contributed by atoms with van der Waals surface area (Å²) < 4.78 is 30.8. The third-order valence-corrected chi connectivity index (χ3v) is 6.17. The molecule has 1 atom stereocenters. The molecule has 0 saturated carbocycles. The molecule has 0 aromatic heterocycles. The van der Waals surface area contributed by atoms with Crippen molar-refractivity contribution in [1.82, 2.24) is 9.62 Å². The Morgan fingerprint density at radius 1 is 1.42 bits per heavy atom. The molecule has 1 saturated heterocycles. The minimum Gasteiger partial charge on any atom is -0.490 e. The van der Waals surface area contributed by atoms with Crippen LogP contribution in [0.25, 0.3) is 0 Å². The highest BCUT2D eigenvalue weighted by Crippen LogP contribution is 2.23. The molecule has 0 radical (unpaired) electrons. The summed E-state index contributed by atoms with van der Waals surface area (Å²) in [5.74, 6) is 0.202. The lowest BCUT2D eigenvalue weighted by Crippen LogP contribution is -2.46. The molecule has 1 amide bonds. The molecule has 24 heavy (non-hydrogen) atoms. The van der Waals surface area contributed by atoms with Gasteiger partial charge in [0.2, 0.25) is 15.9 Å². The van der Waals surface area contributed by atoms with Gasteiger partial charge in [0, 0.05) is 13.1 Å². The van der Waals surface area contributed by atoms with Gasteiger partial charge in [-0.25, -0.2) is 12.7 Å². The molecule has 134 valence electrons. The van der Waals surface area contributed by atoms with Gasteiger partial charge >= 0.3 is 0 Å². The highest BCUT2D eigenvalue weighted by atomic mass is 35.5. The number of amides is 1. The van der Waals surface area contributed by atoms with Crippen molar-refractivity contribution in [1.29, 1.82) is 0 Å². The van der Waals surface area contributed by atoms with E-state index in [1.54, 1.807) is 19.1 Å². The molecule has 2 rings (SSSR count). The Hall–Kier alpha value is -1.31. The van der Waals surface area contributed by atoms with E-state index in [0.29, 0.717) is 43.3 Å². The number of para-hydroxylation sites is 1. The molecule has 1 aliphatic rings. The molecule has 8 heteroatoms. The number of ether oxygens (including phenoxy) is 1. The van der Waals surface area contributed by atoms with Gasteiger partial charge in [0.15, 0.2) is 0 Å². The van der Waals surface area contributed by atoms with Gasteiger partial charge in [0.25, 0.3) is 0 Å². The van der Waals surface area contributed by atoms with Crippen LogP contribution in [0.5, 0.6) is 5.75 Å². The van der Waals surface area contributed by atoms with Crippen molar-refractivity contribution < 1.29 is 17.9 Å². The average Bonchev–Trinajstić information content (AvgIpc) is 2.60. The van der Waals surface area contributed by atoms with Crippen LogP contribution in [0, 0.1) is 5.92 Å². The van der Waals surface area contributed by atoms with Crippen molar-refractivity contribution >= 4 is 27.5 Å². The molecule has 1 aromatic rings. The van der Waals surface area contributed by atoms with Crippen LogP contribution in [0.2, 0.25) is 5.02 Å². The number of nitrogens with zero attached hydrogens (tertiary/aromatic N) is 1. The largest absolute Gasteiger partial charge is 0.490 e. The van der Waals surface area contributed by atoms with E-state index in [2.05, 4.69) is 5.32 Å². The minimum absolute atomic E-state index is 0.0625. The van der Waals surface area contributed by atoms with Crippen LogP contribution < -0.4 is 10.1 Å². The smallest absolute Gasteiger partial charge is 0.224 e. The van der Waals surface area contributed by atoms with Crippen molar-refractivity contribution in [2.24, 2.45) is 5.92 Å². The number of carbonyl (C=O) groups is 1. The van der Waals surface area contributed by atoms with Crippen molar-refractivity contribution in [2.45, 2.75) is 19.8 Å². The molecule has 1 N–H and O–H groups in total. The number of nitrogens with one attached hydrogen (secondary N) is 1. The zero-order valence-corrected chi connectivity index (χ0v) is 15.3. The molecule has 1 aromatic carbocycles.